The third-order valence-corrected chi connectivity index (χ3v) is 4.41. The van der Waals surface area contributed by atoms with Gasteiger partial charge in [-0.2, -0.15) is 0 Å². The Morgan fingerprint density at radius 3 is 1.96 bits per heavy atom. The number of amides is 1. The normalized spacial score (nSPS) is 10.8. The van der Waals surface area contributed by atoms with Crippen molar-refractivity contribution in [1.29, 1.82) is 0 Å². The zero-order valence-electron chi connectivity index (χ0n) is 14.9. The van der Waals surface area contributed by atoms with Gasteiger partial charge < -0.3 is 4.90 Å². The molecule has 0 fully saturated rings. The van der Waals surface area contributed by atoms with Gasteiger partial charge in [-0.1, -0.05) is 88.1 Å². The van der Waals surface area contributed by atoms with Crippen molar-refractivity contribution in [1.82, 2.24) is 0 Å². The van der Waals surface area contributed by atoms with Crippen molar-refractivity contribution < 1.29 is 4.79 Å². The van der Waals surface area contributed by atoms with E-state index >= 15 is 0 Å². The molecule has 0 spiro atoms. The third-order valence-electron chi connectivity index (χ3n) is 4.41. The van der Waals surface area contributed by atoms with Crippen LogP contribution in [0.2, 0.25) is 0 Å². The molecular weight excluding hydrogens is 294 g/mol. The Bertz CT molecular complexity index is 588. The van der Waals surface area contributed by atoms with Crippen LogP contribution in [-0.4, -0.2) is 5.91 Å². The Morgan fingerprint density at radius 2 is 1.42 bits per heavy atom. The first-order valence-corrected chi connectivity index (χ1v) is 9.13. The molecule has 0 unspecified atom stereocenters. The van der Waals surface area contributed by atoms with Crippen LogP contribution in [0.1, 0.15) is 51.5 Å². The number of nitrogens with zero attached hydrogens (tertiary/aromatic N) is 1. The van der Waals surface area contributed by atoms with E-state index in [0.717, 1.165) is 36.9 Å². The quantitative estimate of drug-likeness (QED) is 0.569. The number of carbonyl (C=O) groups is 1. The predicted octanol–water partition coefficient (Wildman–Crippen LogP) is 5.83. The Labute approximate surface area is 146 Å². The molecule has 1 amide bonds. The van der Waals surface area contributed by atoms with Gasteiger partial charge in [0.2, 0.25) is 5.91 Å². The van der Waals surface area contributed by atoms with Crippen LogP contribution < -0.4 is 4.90 Å². The van der Waals surface area contributed by atoms with E-state index in [1.165, 1.54) is 0 Å². The summed E-state index contributed by atoms with van der Waals surface area (Å²) < 4.78 is 0. The first-order valence-electron chi connectivity index (χ1n) is 9.13. The number of rotatable bonds is 9. The maximum absolute atomic E-state index is 13.0. The Hall–Kier alpha value is -2.09. The van der Waals surface area contributed by atoms with Gasteiger partial charge in [0, 0.05) is 12.1 Å². The first-order chi connectivity index (χ1) is 11.7. The SMILES string of the molecule is CCCC(CCC)CC(=O)N(Cc1ccccc1)c1ccccc1. The Balaban J connectivity index is 2.17. The Kier molecular flexibility index (Phi) is 7.54. The highest BCUT2D eigenvalue weighted by molar-refractivity contribution is 5.93. The number of hydrogen-bond acceptors (Lipinski definition) is 1. The van der Waals surface area contributed by atoms with Crippen molar-refractivity contribution in [2.45, 2.75) is 52.5 Å². The summed E-state index contributed by atoms with van der Waals surface area (Å²) in [4.78, 5) is 15.0. The standard InChI is InChI=1S/C22H29NO/c1-3-11-19(12-4-2)17-22(24)23(21-15-9-6-10-16-21)18-20-13-7-5-8-14-20/h5-10,13-16,19H,3-4,11-12,17-18H2,1-2H3. The van der Waals surface area contributed by atoms with E-state index in [-0.39, 0.29) is 5.91 Å². The average molecular weight is 323 g/mol. The molecule has 0 heterocycles. The van der Waals surface area contributed by atoms with Crippen LogP contribution in [0.25, 0.3) is 0 Å². The molecule has 0 saturated carbocycles. The minimum Gasteiger partial charge on any atom is -0.308 e. The van der Waals surface area contributed by atoms with Crippen molar-refractivity contribution in [3.8, 4) is 0 Å². The molecule has 2 aromatic rings. The molecule has 24 heavy (non-hydrogen) atoms. The van der Waals surface area contributed by atoms with Crippen molar-refractivity contribution in [2.24, 2.45) is 5.92 Å². The number of carbonyl (C=O) groups excluding carboxylic acids is 1. The Morgan fingerprint density at radius 1 is 0.875 bits per heavy atom. The fourth-order valence-corrected chi connectivity index (χ4v) is 3.22. The summed E-state index contributed by atoms with van der Waals surface area (Å²) >= 11 is 0. The van der Waals surface area contributed by atoms with E-state index in [0.29, 0.717) is 18.9 Å². The second-order valence-electron chi connectivity index (χ2n) is 6.45. The van der Waals surface area contributed by atoms with Gasteiger partial charge in [0.05, 0.1) is 6.54 Å². The highest BCUT2D eigenvalue weighted by Crippen LogP contribution is 2.23. The zero-order valence-corrected chi connectivity index (χ0v) is 14.9. The summed E-state index contributed by atoms with van der Waals surface area (Å²) in [6.07, 6.45) is 5.19. The second kappa shape index (κ2) is 9.92. The van der Waals surface area contributed by atoms with Gasteiger partial charge in [0.1, 0.15) is 0 Å². The van der Waals surface area contributed by atoms with Crippen LogP contribution >= 0.6 is 0 Å². The molecule has 0 aliphatic carbocycles. The van der Waals surface area contributed by atoms with Crippen molar-refractivity contribution in [3.63, 3.8) is 0 Å². The topological polar surface area (TPSA) is 20.3 Å². The number of hydrogen-bond donors (Lipinski definition) is 0. The van der Waals surface area contributed by atoms with E-state index < -0.39 is 0 Å². The molecule has 0 aliphatic rings. The van der Waals surface area contributed by atoms with Crippen LogP contribution in [0.5, 0.6) is 0 Å². The molecule has 2 aromatic carbocycles. The van der Waals surface area contributed by atoms with E-state index in [2.05, 4.69) is 26.0 Å². The van der Waals surface area contributed by atoms with Crippen molar-refractivity contribution in [3.05, 3.63) is 66.2 Å². The summed E-state index contributed by atoms with van der Waals surface area (Å²) in [6, 6.07) is 20.3. The van der Waals surface area contributed by atoms with Crippen LogP contribution in [0.15, 0.2) is 60.7 Å². The fraction of sp³-hybridized carbons (Fsp3) is 0.409. The van der Waals surface area contributed by atoms with E-state index in [4.69, 9.17) is 0 Å². The molecular formula is C22H29NO. The summed E-state index contributed by atoms with van der Waals surface area (Å²) in [7, 11) is 0. The zero-order chi connectivity index (χ0) is 17.2. The smallest absolute Gasteiger partial charge is 0.227 e. The highest BCUT2D eigenvalue weighted by Gasteiger charge is 2.20. The highest BCUT2D eigenvalue weighted by atomic mass is 16.2. The molecule has 0 atom stereocenters. The van der Waals surface area contributed by atoms with Gasteiger partial charge in [-0.15, -0.1) is 0 Å². The lowest BCUT2D eigenvalue weighted by Crippen LogP contribution is -2.31. The molecule has 0 aromatic heterocycles. The largest absolute Gasteiger partial charge is 0.308 e. The maximum Gasteiger partial charge on any atom is 0.227 e. The van der Waals surface area contributed by atoms with Crippen molar-refractivity contribution in [2.75, 3.05) is 4.90 Å². The average Bonchev–Trinajstić information content (AvgIpc) is 2.61. The van der Waals surface area contributed by atoms with Crippen LogP contribution in [-0.2, 0) is 11.3 Å². The van der Waals surface area contributed by atoms with Gasteiger partial charge in [-0.3, -0.25) is 4.79 Å². The minimum absolute atomic E-state index is 0.233. The lowest BCUT2D eigenvalue weighted by atomic mass is 9.94. The molecule has 128 valence electrons. The minimum atomic E-state index is 0.233. The summed E-state index contributed by atoms with van der Waals surface area (Å²) in [5, 5.41) is 0. The molecule has 2 nitrogen and oxygen atoms in total. The van der Waals surface area contributed by atoms with Gasteiger partial charge in [0.25, 0.3) is 0 Å². The molecule has 0 saturated heterocycles. The predicted molar refractivity (Wildman–Crippen MR) is 102 cm³/mol. The first kappa shape index (κ1) is 18.3. The van der Waals surface area contributed by atoms with Gasteiger partial charge in [0.15, 0.2) is 0 Å². The molecule has 2 heteroatoms. The third kappa shape index (κ3) is 5.52. The number of para-hydroxylation sites is 1. The summed E-state index contributed by atoms with van der Waals surface area (Å²) in [5.74, 6) is 0.728. The fourth-order valence-electron chi connectivity index (χ4n) is 3.22. The second-order valence-corrected chi connectivity index (χ2v) is 6.45. The lowest BCUT2D eigenvalue weighted by molar-refractivity contribution is -0.119. The number of benzene rings is 2. The molecule has 0 bridgehead atoms. The molecule has 0 radical (unpaired) electrons. The maximum atomic E-state index is 13.0. The van der Waals surface area contributed by atoms with Crippen molar-refractivity contribution >= 4 is 11.6 Å². The molecule has 2 rings (SSSR count). The lowest BCUT2D eigenvalue weighted by Gasteiger charge is -2.25. The summed E-state index contributed by atoms with van der Waals surface area (Å²) in [6.45, 7) is 5.03. The summed E-state index contributed by atoms with van der Waals surface area (Å²) in [5.41, 5.74) is 2.15. The monoisotopic (exact) mass is 323 g/mol. The molecule has 0 N–H and O–H groups in total. The molecule has 0 aliphatic heterocycles. The van der Waals surface area contributed by atoms with Crippen LogP contribution in [0.4, 0.5) is 5.69 Å². The van der Waals surface area contributed by atoms with Gasteiger partial charge >= 0.3 is 0 Å². The van der Waals surface area contributed by atoms with Gasteiger partial charge in [-0.05, 0) is 23.6 Å². The number of anilines is 1. The van der Waals surface area contributed by atoms with E-state index in [1.54, 1.807) is 0 Å². The van der Waals surface area contributed by atoms with Crippen LogP contribution in [0.3, 0.4) is 0 Å². The van der Waals surface area contributed by atoms with Crippen LogP contribution in [0, 0.1) is 5.92 Å². The van der Waals surface area contributed by atoms with E-state index in [9.17, 15) is 4.79 Å². The van der Waals surface area contributed by atoms with Gasteiger partial charge in [-0.25, -0.2) is 0 Å². The van der Waals surface area contributed by atoms with E-state index in [1.807, 2.05) is 53.4 Å².